The average Bonchev–Trinajstić information content (AvgIpc) is 2.23. The number of aromatic hydroxyl groups is 1. The third-order valence-electron chi connectivity index (χ3n) is 1.96. The second kappa shape index (κ2) is 3.06. The van der Waals surface area contributed by atoms with Gasteiger partial charge in [0.25, 0.3) is 0 Å². The minimum atomic E-state index is -0.454. The van der Waals surface area contributed by atoms with Crippen LogP contribution < -0.4 is 10.2 Å². The lowest BCUT2D eigenvalue weighted by Gasteiger charge is -2.02. The summed E-state index contributed by atoms with van der Waals surface area (Å²) in [4.78, 5) is 11.4. The smallest absolute Gasteiger partial charge is 0.234 e. The number of fused-ring (bicyclic) bond motifs is 1. The van der Waals surface area contributed by atoms with Crippen LogP contribution in [0.15, 0.2) is 33.7 Å². The maximum atomic E-state index is 11.4. The first-order chi connectivity index (χ1) is 6.74. The van der Waals surface area contributed by atoms with Crippen molar-refractivity contribution >= 4 is 11.0 Å². The summed E-state index contributed by atoms with van der Waals surface area (Å²) in [6, 6.07) is 4.92. The fourth-order valence-corrected chi connectivity index (χ4v) is 1.28. The van der Waals surface area contributed by atoms with Crippen LogP contribution in [-0.2, 0) is 0 Å². The van der Waals surface area contributed by atoms with E-state index in [-0.39, 0.29) is 0 Å². The molecule has 0 radical (unpaired) electrons. The Labute approximate surface area is 79.4 Å². The molecular formula is C10H8O4. The quantitative estimate of drug-likeness (QED) is 0.743. The first-order valence-corrected chi connectivity index (χ1v) is 4.01. The Morgan fingerprint density at radius 2 is 2.21 bits per heavy atom. The van der Waals surface area contributed by atoms with Crippen molar-refractivity contribution in [1.82, 2.24) is 0 Å². The van der Waals surface area contributed by atoms with Crippen molar-refractivity contribution in [3.8, 4) is 11.5 Å². The maximum Gasteiger partial charge on any atom is 0.234 e. The van der Waals surface area contributed by atoms with Gasteiger partial charge in [-0.25, -0.2) is 0 Å². The van der Waals surface area contributed by atoms with Crippen molar-refractivity contribution in [2.75, 3.05) is 7.11 Å². The van der Waals surface area contributed by atoms with Crippen LogP contribution in [0.5, 0.6) is 11.5 Å². The van der Waals surface area contributed by atoms with Gasteiger partial charge in [-0.05, 0) is 12.1 Å². The van der Waals surface area contributed by atoms with E-state index in [1.54, 1.807) is 18.2 Å². The van der Waals surface area contributed by atoms with Crippen molar-refractivity contribution in [2.24, 2.45) is 0 Å². The van der Waals surface area contributed by atoms with E-state index in [0.717, 1.165) is 6.26 Å². The van der Waals surface area contributed by atoms with Crippen molar-refractivity contribution in [3.05, 3.63) is 34.7 Å². The van der Waals surface area contributed by atoms with Gasteiger partial charge in [0.2, 0.25) is 5.43 Å². The lowest BCUT2D eigenvalue weighted by molar-refractivity contribution is 0.403. The number of ether oxygens (including phenoxy) is 1. The van der Waals surface area contributed by atoms with E-state index >= 15 is 0 Å². The van der Waals surface area contributed by atoms with Crippen LogP contribution in [0, 0.1) is 0 Å². The Kier molecular flexibility index (Phi) is 1.89. The monoisotopic (exact) mass is 192 g/mol. The average molecular weight is 192 g/mol. The molecule has 0 spiro atoms. The zero-order valence-corrected chi connectivity index (χ0v) is 7.48. The van der Waals surface area contributed by atoms with Gasteiger partial charge >= 0.3 is 0 Å². The van der Waals surface area contributed by atoms with Gasteiger partial charge < -0.3 is 14.3 Å². The maximum absolute atomic E-state index is 11.4. The molecule has 1 N–H and O–H groups in total. The van der Waals surface area contributed by atoms with E-state index < -0.39 is 11.2 Å². The van der Waals surface area contributed by atoms with E-state index in [9.17, 15) is 4.79 Å². The lowest BCUT2D eigenvalue weighted by Crippen LogP contribution is -2.00. The first-order valence-electron chi connectivity index (χ1n) is 4.01. The molecule has 2 aromatic rings. The van der Waals surface area contributed by atoms with Gasteiger partial charge in [0, 0.05) is 0 Å². The van der Waals surface area contributed by atoms with Crippen LogP contribution in [0.1, 0.15) is 0 Å². The Balaban J connectivity index is 2.93. The molecule has 0 fully saturated rings. The van der Waals surface area contributed by atoms with E-state index in [4.69, 9.17) is 14.3 Å². The summed E-state index contributed by atoms with van der Waals surface area (Å²) in [5.74, 6) is 0.0744. The van der Waals surface area contributed by atoms with Gasteiger partial charge in [0.05, 0.1) is 12.5 Å². The van der Waals surface area contributed by atoms with Crippen molar-refractivity contribution in [2.45, 2.75) is 0 Å². The molecule has 0 bridgehead atoms. The molecular weight excluding hydrogens is 184 g/mol. The fraction of sp³-hybridized carbons (Fsp3) is 0.100. The van der Waals surface area contributed by atoms with Crippen LogP contribution in [0.3, 0.4) is 0 Å². The van der Waals surface area contributed by atoms with Crippen LogP contribution in [0.25, 0.3) is 11.0 Å². The standard InChI is InChI=1S/C10H8O4/c1-13-8-4-2-3-6-9(12)7(11)5-14-10(6)8/h2-5,11H,1H3. The van der Waals surface area contributed by atoms with Crippen molar-refractivity contribution < 1.29 is 14.3 Å². The van der Waals surface area contributed by atoms with Crippen LogP contribution in [0.4, 0.5) is 0 Å². The Hall–Kier alpha value is -1.97. The van der Waals surface area contributed by atoms with Crippen LogP contribution in [-0.4, -0.2) is 12.2 Å². The second-order valence-corrected chi connectivity index (χ2v) is 2.79. The minimum Gasteiger partial charge on any atom is -0.502 e. The summed E-state index contributed by atoms with van der Waals surface area (Å²) >= 11 is 0. The van der Waals surface area contributed by atoms with Crippen molar-refractivity contribution in [1.29, 1.82) is 0 Å². The molecule has 4 nitrogen and oxygen atoms in total. The Morgan fingerprint density at radius 3 is 2.93 bits per heavy atom. The second-order valence-electron chi connectivity index (χ2n) is 2.79. The van der Waals surface area contributed by atoms with E-state index in [2.05, 4.69) is 0 Å². The topological polar surface area (TPSA) is 59.7 Å². The van der Waals surface area contributed by atoms with Crippen LogP contribution in [0.2, 0.25) is 0 Å². The number of benzene rings is 1. The number of methoxy groups -OCH3 is 1. The highest BCUT2D eigenvalue weighted by Gasteiger charge is 2.08. The lowest BCUT2D eigenvalue weighted by atomic mass is 10.2. The molecule has 1 aromatic heterocycles. The summed E-state index contributed by atoms with van der Waals surface area (Å²) in [5, 5.41) is 9.44. The number of rotatable bonds is 1. The molecule has 0 amide bonds. The molecule has 0 aliphatic carbocycles. The third-order valence-corrected chi connectivity index (χ3v) is 1.96. The first kappa shape index (κ1) is 8.62. The molecule has 1 heterocycles. The van der Waals surface area contributed by atoms with Gasteiger partial charge in [0.15, 0.2) is 17.1 Å². The summed E-state index contributed by atoms with van der Waals surface area (Å²) in [5.41, 5.74) is -0.108. The summed E-state index contributed by atoms with van der Waals surface area (Å²) in [6.07, 6.45) is 1.01. The highest BCUT2D eigenvalue weighted by molar-refractivity contribution is 5.83. The number of hydrogen-bond donors (Lipinski definition) is 1. The fourth-order valence-electron chi connectivity index (χ4n) is 1.28. The summed E-state index contributed by atoms with van der Waals surface area (Å²) < 4.78 is 10.1. The predicted octanol–water partition coefficient (Wildman–Crippen LogP) is 1.51. The van der Waals surface area contributed by atoms with E-state index in [1.165, 1.54) is 7.11 Å². The summed E-state index contributed by atoms with van der Waals surface area (Å²) in [7, 11) is 1.49. The zero-order valence-electron chi connectivity index (χ0n) is 7.48. The number of hydrogen-bond acceptors (Lipinski definition) is 4. The molecule has 2 rings (SSSR count). The van der Waals surface area contributed by atoms with Gasteiger partial charge in [-0.15, -0.1) is 0 Å². The SMILES string of the molecule is COc1cccc2c(=O)c(O)coc12. The molecule has 0 atom stereocenters. The van der Waals surface area contributed by atoms with E-state index in [0.29, 0.717) is 16.7 Å². The molecule has 72 valence electrons. The highest BCUT2D eigenvalue weighted by Crippen LogP contribution is 2.24. The van der Waals surface area contributed by atoms with Crippen molar-refractivity contribution in [3.63, 3.8) is 0 Å². The molecule has 0 saturated heterocycles. The molecule has 4 heteroatoms. The number of para-hydroxylation sites is 1. The summed E-state index contributed by atoms with van der Waals surface area (Å²) in [6.45, 7) is 0. The van der Waals surface area contributed by atoms with Gasteiger partial charge in [-0.2, -0.15) is 0 Å². The van der Waals surface area contributed by atoms with E-state index in [1.807, 2.05) is 0 Å². The van der Waals surface area contributed by atoms with Crippen LogP contribution >= 0.6 is 0 Å². The third kappa shape index (κ3) is 1.12. The minimum absolute atomic E-state index is 0.310. The Morgan fingerprint density at radius 1 is 1.43 bits per heavy atom. The van der Waals surface area contributed by atoms with Gasteiger partial charge in [0.1, 0.15) is 6.26 Å². The van der Waals surface area contributed by atoms with Gasteiger partial charge in [-0.1, -0.05) is 6.07 Å². The normalized spacial score (nSPS) is 10.4. The molecule has 0 saturated carbocycles. The molecule has 0 aliphatic heterocycles. The zero-order chi connectivity index (χ0) is 10.1. The predicted molar refractivity (Wildman–Crippen MR) is 50.7 cm³/mol. The largest absolute Gasteiger partial charge is 0.502 e. The Bertz CT molecular complexity index is 527. The molecule has 0 unspecified atom stereocenters. The molecule has 14 heavy (non-hydrogen) atoms. The molecule has 0 aliphatic rings. The molecule has 1 aromatic carbocycles. The van der Waals surface area contributed by atoms with Gasteiger partial charge in [-0.3, -0.25) is 4.79 Å². The highest BCUT2D eigenvalue weighted by atomic mass is 16.5.